The third-order valence-electron chi connectivity index (χ3n) is 3.35. The number of benzene rings is 1. The average molecular weight is 355 g/mol. The SMILES string of the molecule is COC(=O)c1c(NC(=O)c2ccccc2OC(F)F)sc(C)c1C. The second kappa shape index (κ2) is 7.39. The fraction of sp³-hybridized carbons (Fsp3) is 0.250. The molecule has 5 nitrogen and oxygen atoms in total. The Balaban J connectivity index is 2.35. The predicted molar refractivity (Wildman–Crippen MR) is 86.2 cm³/mol. The van der Waals surface area contributed by atoms with Gasteiger partial charge in [-0.15, -0.1) is 11.3 Å². The van der Waals surface area contributed by atoms with Gasteiger partial charge in [-0.25, -0.2) is 4.79 Å². The Labute approximate surface area is 141 Å². The molecule has 2 aromatic rings. The molecule has 2 rings (SSSR count). The summed E-state index contributed by atoms with van der Waals surface area (Å²) >= 11 is 1.21. The van der Waals surface area contributed by atoms with Crippen LogP contribution in [0, 0.1) is 13.8 Å². The van der Waals surface area contributed by atoms with Crippen LogP contribution in [-0.2, 0) is 4.74 Å². The van der Waals surface area contributed by atoms with Gasteiger partial charge in [0.2, 0.25) is 0 Å². The van der Waals surface area contributed by atoms with Crippen LogP contribution in [0.5, 0.6) is 5.75 Å². The summed E-state index contributed by atoms with van der Waals surface area (Å²) in [6.45, 7) is 0.494. The number of aryl methyl sites for hydroxylation is 1. The van der Waals surface area contributed by atoms with Crippen LogP contribution in [0.15, 0.2) is 24.3 Å². The average Bonchev–Trinajstić information content (AvgIpc) is 2.80. The van der Waals surface area contributed by atoms with Crippen LogP contribution in [0.25, 0.3) is 0 Å². The zero-order chi connectivity index (χ0) is 17.9. The molecule has 1 amide bonds. The van der Waals surface area contributed by atoms with Crippen molar-refractivity contribution >= 4 is 28.2 Å². The Bertz CT molecular complexity index is 773. The number of esters is 1. The molecule has 0 spiro atoms. The molecule has 1 N–H and O–H groups in total. The maximum Gasteiger partial charge on any atom is 0.387 e. The first kappa shape index (κ1) is 17.9. The smallest absolute Gasteiger partial charge is 0.387 e. The number of halogens is 2. The molecule has 0 aliphatic rings. The highest BCUT2D eigenvalue weighted by Crippen LogP contribution is 2.33. The molecule has 0 aliphatic heterocycles. The van der Waals surface area contributed by atoms with E-state index in [4.69, 9.17) is 4.74 Å². The third-order valence-corrected chi connectivity index (χ3v) is 4.47. The predicted octanol–water partition coefficient (Wildman–Crippen LogP) is 4.01. The van der Waals surface area contributed by atoms with Crippen molar-refractivity contribution in [3.8, 4) is 5.75 Å². The molecule has 24 heavy (non-hydrogen) atoms. The summed E-state index contributed by atoms with van der Waals surface area (Å²) in [6, 6.07) is 5.64. The summed E-state index contributed by atoms with van der Waals surface area (Å²) in [5.74, 6) is -1.48. The molecule has 1 aromatic heterocycles. The number of ether oxygens (including phenoxy) is 2. The molecule has 128 valence electrons. The summed E-state index contributed by atoms with van der Waals surface area (Å²) in [5, 5.41) is 2.87. The van der Waals surface area contributed by atoms with E-state index in [1.165, 1.54) is 42.7 Å². The highest BCUT2D eigenvalue weighted by atomic mass is 32.1. The molecule has 0 saturated carbocycles. The molecule has 1 aromatic carbocycles. The van der Waals surface area contributed by atoms with Crippen LogP contribution in [0.1, 0.15) is 31.2 Å². The minimum Gasteiger partial charge on any atom is -0.465 e. The highest BCUT2D eigenvalue weighted by molar-refractivity contribution is 7.16. The molecule has 0 unspecified atom stereocenters. The van der Waals surface area contributed by atoms with Crippen molar-refractivity contribution in [1.82, 2.24) is 0 Å². The van der Waals surface area contributed by atoms with Gasteiger partial charge in [-0.1, -0.05) is 12.1 Å². The molecular weight excluding hydrogens is 340 g/mol. The summed E-state index contributed by atoms with van der Waals surface area (Å²) < 4.78 is 34.0. The van der Waals surface area contributed by atoms with E-state index in [-0.39, 0.29) is 16.9 Å². The van der Waals surface area contributed by atoms with Gasteiger partial charge in [0.05, 0.1) is 18.2 Å². The zero-order valence-corrected chi connectivity index (χ0v) is 14.0. The normalized spacial score (nSPS) is 10.6. The minimum atomic E-state index is -3.05. The van der Waals surface area contributed by atoms with Gasteiger partial charge in [0, 0.05) is 4.88 Å². The maximum atomic E-state index is 12.4. The number of methoxy groups -OCH3 is 1. The third kappa shape index (κ3) is 3.70. The first-order valence-electron chi connectivity index (χ1n) is 6.88. The molecule has 8 heteroatoms. The van der Waals surface area contributed by atoms with E-state index in [0.29, 0.717) is 10.6 Å². The number of carbonyl (C=O) groups is 2. The number of amides is 1. The lowest BCUT2D eigenvalue weighted by molar-refractivity contribution is -0.0501. The lowest BCUT2D eigenvalue weighted by atomic mass is 10.1. The lowest BCUT2D eigenvalue weighted by Gasteiger charge is -2.11. The fourth-order valence-corrected chi connectivity index (χ4v) is 3.13. The number of thiophene rings is 1. The number of para-hydroxylation sites is 1. The fourth-order valence-electron chi connectivity index (χ4n) is 2.09. The van der Waals surface area contributed by atoms with Crippen LogP contribution in [-0.4, -0.2) is 25.6 Å². The molecular formula is C16H15F2NO4S. The van der Waals surface area contributed by atoms with Gasteiger partial charge < -0.3 is 14.8 Å². The second-order valence-corrected chi connectivity index (χ2v) is 6.03. The van der Waals surface area contributed by atoms with Crippen molar-refractivity contribution in [3.05, 3.63) is 45.8 Å². The number of hydrogen-bond donors (Lipinski definition) is 1. The van der Waals surface area contributed by atoms with E-state index in [2.05, 4.69) is 10.1 Å². The topological polar surface area (TPSA) is 64.6 Å². The molecule has 0 aliphatic carbocycles. The number of nitrogens with one attached hydrogen (secondary N) is 1. The quantitative estimate of drug-likeness (QED) is 0.823. The Hall–Kier alpha value is -2.48. The minimum absolute atomic E-state index is 0.0580. The maximum absolute atomic E-state index is 12.4. The summed E-state index contributed by atoms with van der Waals surface area (Å²) in [4.78, 5) is 25.2. The van der Waals surface area contributed by atoms with Gasteiger partial charge in [-0.2, -0.15) is 8.78 Å². The van der Waals surface area contributed by atoms with Crippen molar-refractivity contribution in [2.45, 2.75) is 20.5 Å². The Morgan fingerprint density at radius 2 is 1.88 bits per heavy atom. The zero-order valence-electron chi connectivity index (χ0n) is 13.2. The Morgan fingerprint density at radius 1 is 1.21 bits per heavy atom. The van der Waals surface area contributed by atoms with E-state index >= 15 is 0 Å². The van der Waals surface area contributed by atoms with Gasteiger partial charge in [0.25, 0.3) is 5.91 Å². The van der Waals surface area contributed by atoms with E-state index in [1.807, 2.05) is 0 Å². The number of hydrogen-bond acceptors (Lipinski definition) is 5. The van der Waals surface area contributed by atoms with Crippen LogP contribution in [0.2, 0.25) is 0 Å². The number of anilines is 1. The molecule has 0 saturated heterocycles. The standard InChI is InChI=1S/C16H15F2NO4S/c1-8-9(2)24-14(12(8)15(21)22-3)19-13(20)10-6-4-5-7-11(10)23-16(17)18/h4-7,16H,1-3H3,(H,19,20). The Morgan fingerprint density at radius 3 is 2.50 bits per heavy atom. The summed E-state index contributed by atoms with van der Waals surface area (Å²) in [6.07, 6.45) is 0. The van der Waals surface area contributed by atoms with Gasteiger partial charge in [-0.05, 0) is 31.5 Å². The van der Waals surface area contributed by atoms with Crippen LogP contribution >= 0.6 is 11.3 Å². The summed E-state index contributed by atoms with van der Waals surface area (Å²) in [5.41, 5.74) is 0.886. The first-order chi connectivity index (χ1) is 11.3. The molecule has 0 atom stereocenters. The second-order valence-electron chi connectivity index (χ2n) is 4.81. The largest absolute Gasteiger partial charge is 0.465 e. The van der Waals surface area contributed by atoms with Crippen molar-refractivity contribution in [3.63, 3.8) is 0 Å². The van der Waals surface area contributed by atoms with E-state index < -0.39 is 18.5 Å². The van der Waals surface area contributed by atoms with Crippen molar-refractivity contribution in [1.29, 1.82) is 0 Å². The van der Waals surface area contributed by atoms with Gasteiger partial charge >= 0.3 is 12.6 Å². The van der Waals surface area contributed by atoms with Crippen molar-refractivity contribution in [2.24, 2.45) is 0 Å². The molecule has 1 heterocycles. The van der Waals surface area contributed by atoms with Crippen LogP contribution in [0.3, 0.4) is 0 Å². The monoisotopic (exact) mass is 355 g/mol. The molecule has 0 radical (unpaired) electrons. The van der Waals surface area contributed by atoms with Crippen LogP contribution in [0.4, 0.5) is 13.8 Å². The number of rotatable bonds is 5. The Kier molecular flexibility index (Phi) is 5.50. The lowest BCUT2D eigenvalue weighted by Crippen LogP contribution is -2.16. The van der Waals surface area contributed by atoms with E-state index in [1.54, 1.807) is 13.8 Å². The van der Waals surface area contributed by atoms with E-state index in [9.17, 15) is 18.4 Å². The van der Waals surface area contributed by atoms with E-state index in [0.717, 1.165) is 4.88 Å². The first-order valence-corrected chi connectivity index (χ1v) is 7.70. The summed E-state index contributed by atoms with van der Waals surface area (Å²) in [7, 11) is 1.24. The molecule has 0 bridgehead atoms. The van der Waals surface area contributed by atoms with Gasteiger partial charge in [-0.3, -0.25) is 4.79 Å². The van der Waals surface area contributed by atoms with Crippen LogP contribution < -0.4 is 10.1 Å². The van der Waals surface area contributed by atoms with Crippen molar-refractivity contribution < 1.29 is 27.8 Å². The van der Waals surface area contributed by atoms with Gasteiger partial charge in [0.15, 0.2) is 0 Å². The highest BCUT2D eigenvalue weighted by Gasteiger charge is 2.23. The van der Waals surface area contributed by atoms with Crippen molar-refractivity contribution in [2.75, 3.05) is 12.4 Å². The molecule has 0 fully saturated rings. The number of carbonyl (C=O) groups excluding carboxylic acids is 2. The number of alkyl halides is 2. The van der Waals surface area contributed by atoms with Gasteiger partial charge in [0.1, 0.15) is 10.8 Å².